The van der Waals surface area contributed by atoms with Gasteiger partial charge in [-0.3, -0.25) is 4.79 Å². The van der Waals surface area contributed by atoms with Crippen LogP contribution in [-0.2, 0) is 0 Å². The quantitative estimate of drug-likeness (QED) is 0.838. The zero-order chi connectivity index (χ0) is 13.3. The van der Waals surface area contributed by atoms with Gasteiger partial charge in [-0.2, -0.15) is 0 Å². The zero-order valence-electron chi connectivity index (χ0n) is 9.65. The van der Waals surface area contributed by atoms with Crippen LogP contribution in [0.4, 0.5) is 0 Å². The van der Waals surface area contributed by atoms with Crippen molar-refractivity contribution in [3.63, 3.8) is 0 Å². The van der Waals surface area contributed by atoms with Crippen LogP contribution in [0.25, 0.3) is 10.6 Å². The minimum absolute atomic E-state index is 0.120. The van der Waals surface area contributed by atoms with Crippen molar-refractivity contribution in [2.45, 2.75) is 0 Å². The molecule has 7 heteroatoms. The van der Waals surface area contributed by atoms with E-state index in [1.807, 2.05) is 6.07 Å². The first-order valence-electron chi connectivity index (χ1n) is 4.99. The van der Waals surface area contributed by atoms with Gasteiger partial charge < -0.3 is 4.90 Å². The average molecular weight is 347 g/mol. The fourth-order valence-corrected chi connectivity index (χ4v) is 2.75. The molecule has 0 atom stereocenters. The van der Waals surface area contributed by atoms with Gasteiger partial charge in [0.25, 0.3) is 5.91 Å². The summed E-state index contributed by atoms with van der Waals surface area (Å²) in [7, 11) is 3.38. The van der Waals surface area contributed by atoms with Gasteiger partial charge in [0.05, 0.1) is 10.6 Å². The molecule has 0 spiro atoms. The first-order valence-corrected chi connectivity index (χ1v) is 6.98. The van der Waals surface area contributed by atoms with Gasteiger partial charge in [0.2, 0.25) is 0 Å². The molecule has 0 radical (unpaired) electrons. The Labute approximate surface area is 122 Å². The van der Waals surface area contributed by atoms with Crippen molar-refractivity contribution in [1.29, 1.82) is 0 Å². The van der Waals surface area contributed by atoms with Gasteiger partial charge in [0, 0.05) is 19.7 Å². The van der Waals surface area contributed by atoms with Gasteiger partial charge in [0.15, 0.2) is 3.92 Å². The van der Waals surface area contributed by atoms with Crippen LogP contribution in [0.5, 0.6) is 0 Å². The molecule has 4 nitrogen and oxygen atoms in total. The van der Waals surface area contributed by atoms with Gasteiger partial charge >= 0.3 is 0 Å². The molecule has 0 unspecified atom stereocenters. The Balaban J connectivity index is 2.39. The van der Waals surface area contributed by atoms with Crippen LogP contribution >= 0.6 is 38.9 Å². The van der Waals surface area contributed by atoms with Crippen molar-refractivity contribution in [2.75, 3.05) is 14.1 Å². The average Bonchev–Trinajstić information content (AvgIpc) is 2.74. The number of halogens is 2. The molecule has 0 fully saturated rings. The number of carbonyl (C=O) groups is 1. The van der Waals surface area contributed by atoms with Gasteiger partial charge in [0.1, 0.15) is 5.01 Å². The summed E-state index contributed by atoms with van der Waals surface area (Å²) in [6.45, 7) is 0. The Kier molecular flexibility index (Phi) is 3.99. The van der Waals surface area contributed by atoms with Crippen LogP contribution in [-0.4, -0.2) is 35.1 Å². The van der Waals surface area contributed by atoms with Crippen LogP contribution in [0.1, 0.15) is 10.4 Å². The third-order valence-electron chi connectivity index (χ3n) is 2.25. The summed E-state index contributed by atoms with van der Waals surface area (Å²) in [6.07, 6.45) is 0. The number of benzene rings is 1. The molecule has 18 heavy (non-hydrogen) atoms. The molecule has 1 aromatic heterocycles. The van der Waals surface area contributed by atoms with Crippen LogP contribution < -0.4 is 0 Å². The fourth-order valence-electron chi connectivity index (χ4n) is 1.38. The van der Waals surface area contributed by atoms with Gasteiger partial charge in [-0.15, -0.1) is 10.2 Å². The number of aromatic nitrogens is 2. The lowest BCUT2D eigenvalue weighted by atomic mass is 10.1. The SMILES string of the molecule is CN(C)C(=O)c1ccc(-c2nnc(Br)s2)cc1Cl. The molecule has 2 aromatic rings. The molecule has 1 amide bonds. The van der Waals surface area contributed by atoms with E-state index in [2.05, 4.69) is 26.1 Å². The van der Waals surface area contributed by atoms with E-state index in [0.717, 1.165) is 10.6 Å². The minimum Gasteiger partial charge on any atom is -0.345 e. The molecule has 0 aliphatic heterocycles. The van der Waals surface area contributed by atoms with Crippen molar-refractivity contribution in [2.24, 2.45) is 0 Å². The van der Waals surface area contributed by atoms with Crippen molar-refractivity contribution in [3.05, 3.63) is 32.7 Å². The van der Waals surface area contributed by atoms with Gasteiger partial charge in [-0.1, -0.05) is 29.0 Å². The van der Waals surface area contributed by atoms with Crippen LogP contribution in [0, 0.1) is 0 Å². The van der Waals surface area contributed by atoms with E-state index in [9.17, 15) is 4.79 Å². The number of rotatable bonds is 2. The molecular weight excluding hydrogens is 338 g/mol. The molecule has 0 saturated heterocycles. The van der Waals surface area contributed by atoms with E-state index in [-0.39, 0.29) is 5.91 Å². The third-order valence-corrected chi connectivity index (χ3v) is 3.97. The molecule has 0 saturated carbocycles. The van der Waals surface area contributed by atoms with E-state index in [4.69, 9.17) is 11.6 Å². The molecule has 0 aliphatic carbocycles. The first kappa shape index (κ1) is 13.5. The Hall–Kier alpha value is -0.980. The monoisotopic (exact) mass is 345 g/mol. The highest BCUT2D eigenvalue weighted by molar-refractivity contribution is 9.11. The molecule has 94 valence electrons. The Morgan fingerprint density at radius 1 is 1.39 bits per heavy atom. The maximum Gasteiger partial charge on any atom is 0.254 e. The normalized spacial score (nSPS) is 10.4. The summed E-state index contributed by atoms with van der Waals surface area (Å²) in [6, 6.07) is 5.25. The van der Waals surface area contributed by atoms with E-state index < -0.39 is 0 Å². The number of carbonyl (C=O) groups excluding carboxylic acids is 1. The fraction of sp³-hybridized carbons (Fsp3) is 0.182. The number of nitrogens with zero attached hydrogens (tertiary/aromatic N) is 3. The second kappa shape index (κ2) is 5.34. The summed E-state index contributed by atoms with van der Waals surface area (Å²) in [5.74, 6) is -0.120. The smallest absolute Gasteiger partial charge is 0.254 e. The molecule has 0 aliphatic rings. The predicted octanol–water partition coefficient (Wildman–Crippen LogP) is 3.32. The van der Waals surface area contributed by atoms with Crippen LogP contribution in [0.3, 0.4) is 0 Å². The molecular formula is C11H9BrClN3OS. The Morgan fingerprint density at radius 2 is 2.11 bits per heavy atom. The number of hydrogen-bond donors (Lipinski definition) is 0. The summed E-state index contributed by atoms with van der Waals surface area (Å²) in [4.78, 5) is 13.3. The Bertz CT molecular complexity index is 600. The standard InChI is InChI=1S/C11H9BrClN3OS/c1-16(2)10(17)7-4-3-6(5-8(7)13)9-14-15-11(12)18-9/h3-5H,1-2H3. The summed E-state index contributed by atoms with van der Waals surface area (Å²) in [5, 5.41) is 9.05. The lowest BCUT2D eigenvalue weighted by Crippen LogP contribution is -2.21. The molecule has 0 N–H and O–H groups in total. The van der Waals surface area contributed by atoms with E-state index in [0.29, 0.717) is 14.5 Å². The van der Waals surface area contributed by atoms with E-state index in [1.54, 1.807) is 26.2 Å². The largest absolute Gasteiger partial charge is 0.345 e. The maximum absolute atomic E-state index is 11.8. The lowest BCUT2D eigenvalue weighted by Gasteiger charge is -2.11. The number of amides is 1. The molecule has 0 bridgehead atoms. The number of hydrogen-bond acceptors (Lipinski definition) is 4. The summed E-state index contributed by atoms with van der Waals surface area (Å²) < 4.78 is 0.710. The van der Waals surface area contributed by atoms with Crippen molar-refractivity contribution >= 4 is 44.8 Å². The molecule has 2 rings (SSSR count). The summed E-state index contributed by atoms with van der Waals surface area (Å²) in [5.41, 5.74) is 1.33. The highest BCUT2D eigenvalue weighted by Gasteiger charge is 2.14. The van der Waals surface area contributed by atoms with Crippen LogP contribution in [0.2, 0.25) is 5.02 Å². The van der Waals surface area contributed by atoms with E-state index >= 15 is 0 Å². The molecule has 1 aromatic carbocycles. The first-order chi connectivity index (χ1) is 8.49. The van der Waals surface area contributed by atoms with Crippen molar-refractivity contribution in [3.8, 4) is 10.6 Å². The van der Waals surface area contributed by atoms with Gasteiger partial charge in [-0.05, 0) is 28.1 Å². The van der Waals surface area contributed by atoms with Crippen LogP contribution in [0.15, 0.2) is 22.1 Å². The zero-order valence-corrected chi connectivity index (χ0v) is 12.8. The highest BCUT2D eigenvalue weighted by atomic mass is 79.9. The highest BCUT2D eigenvalue weighted by Crippen LogP contribution is 2.29. The van der Waals surface area contributed by atoms with E-state index in [1.165, 1.54) is 16.2 Å². The second-order valence-electron chi connectivity index (χ2n) is 3.75. The topological polar surface area (TPSA) is 46.1 Å². The maximum atomic E-state index is 11.8. The minimum atomic E-state index is -0.120. The van der Waals surface area contributed by atoms with Crippen molar-refractivity contribution < 1.29 is 4.79 Å². The predicted molar refractivity (Wildman–Crippen MR) is 76.1 cm³/mol. The Morgan fingerprint density at radius 3 is 2.61 bits per heavy atom. The van der Waals surface area contributed by atoms with Gasteiger partial charge in [-0.25, -0.2) is 0 Å². The molecule has 1 heterocycles. The lowest BCUT2D eigenvalue weighted by molar-refractivity contribution is 0.0828. The third kappa shape index (κ3) is 2.71. The van der Waals surface area contributed by atoms with Crippen molar-refractivity contribution in [1.82, 2.24) is 15.1 Å². The summed E-state index contributed by atoms with van der Waals surface area (Å²) >= 11 is 10.8. The second-order valence-corrected chi connectivity index (χ2v) is 6.42.